The van der Waals surface area contributed by atoms with Crippen LogP contribution in [0.2, 0.25) is 0 Å². The molecule has 0 saturated heterocycles. The zero-order valence-electron chi connectivity index (χ0n) is 10.5. The van der Waals surface area contributed by atoms with Crippen LogP contribution in [0.1, 0.15) is 20.8 Å². The summed E-state index contributed by atoms with van der Waals surface area (Å²) in [5.41, 5.74) is 0.808. The van der Waals surface area contributed by atoms with Gasteiger partial charge in [-0.05, 0) is 36.4 Å². The van der Waals surface area contributed by atoms with E-state index in [-0.39, 0.29) is 5.91 Å². The summed E-state index contributed by atoms with van der Waals surface area (Å²) in [5, 5.41) is 3.32. The molecule has 0 fully saturated rings. The summed E-state index contributed by atoms with van der Waals surface area (Å²) >= 11 is 1.63. The summed E-state index contributed by atoms with van der Waals surface area (Å²) in [4.78, 5) is 11.6. The smallest absolute Gasteiger partial charge is 0.234 e. The fourth-order valence-corrected chi connectivity index (χ4v) is 1.80. The summed E-state index contributed by atoms with van der Waals surface area (Å²) in [7, 11) is 0. The standard InChI is InChI=1S/C13H19NO2S/c1-4-16-12-7-5-11(6-8-12)14-13(15)9-17-10(2)3/h5-8,10H,4,9H2,1-3H3,(H,14,15). The lowest BCUT2D eigenvalue weighted by Gasteiger charge is -2.08. The lowest BCUT2D eigenvalue weighted by molar-refractivity contribution is -0.113. The van der Waals surface area contributed by atoms with Gasteiger partial charge in [-0.15, -0.1) is 11.8 Å². The van der Waals surface area contributed by atoms with Gasteiger partial charge in [0.1, 0.15) is 5.75 Å². The van der Waals surface area contributed by atoms with Crippen LogP contribution in [0.15, 0.2) is 24.3 Å². The van der Waals surface area contributed by atoms with Gasteiger partial charge in [0.15, 0.2) is 0 Å². The number of hydrogen-bond donors (Lipinski definition) is 1. The van der Waals surface area contributed by atoms with E-state index in [1.165, 1.54) is 0 Å². The molecule has 1 rings (SSSR count). The molecular weight excluding hydrogens is 234 g/mol. The van der Waals surface area contributed by atoms with Crippen LogP contribution in [0.25, 0.3) is 0 Å². The summed E-state index contributed by atoms with van der Waals surface area (Å²) < 4.78 is 5.33. The number of amides is 1. The fourth-order valence-electron chi connectivity index (χ4n) is 1.24. The Morgan fingerprint density at radius 1 is 1.35 bits per heavy atom. The maximum absolute atomic E-state index is 11.6. The van der Waals surface area contributed by atoms with Crippen LogP contribution >= 0.6 is 11.8 Å². The molecule has 1 amide bonds. The Kier molecular flexibility index (Phi) is 5.91. The monoisotopic (exact) mass is 253 g/mol. The van der Waals surface area contributed by atoms with E-state index in [2.05, 4.69) is 19.2 Å². The minimum absolute atomic E-state index is 0.0351. The number of carbonyl (C=O) groups excluding carboxylic acids is 1. The van der Waals surface area contributed by atoms with Gasteiger partial charge in [0.05, 0.1) is 12.4 Å². The number of thioether (sulfide) groups is 1. The van der Waals surface area contributed by atoms with Gasteiger partial charge in [-0.2, -0.15) is 0 Å². The average Bonchev–Trinajstić information content (AvgIpc) is 2.29. The van der Waals surface area contributed by atoms with Crippen molar-refractivity contribution in [3.8, 4) is 5.75 Å². The Balaban J connectivity index is 2.43. The Labute approximate surface area is 107 Å². The summed E-state index contributed by atoms with van der Waals surface area (Å²) in [6, 6.07) is 7.41. The summed E-state index contributed by atoms with van der Waals surface area (Å²) in [6.45, 7) is 6.75. The third-order valence-electron chi connectivity index (χ3n) is 2.00. The van der Waals surface area contributed by atoms with Crippen molar-refractivity contribution in [2.75, 3.05) is 17.7 Å². The Morgan fingerprint density at radius 3 is 2.53 bits per heavy atom. The first-order valence-corrected chi connectivity index (χ1v) is 6.81. The zero-order chi connectivity index (χ0) is 12.7. The molecule has 0 atom stereocenters. The van der Waals surface area contributed by atoms with Crippen molar-refractivity contribution in [2.24, 2.45) is 0 Å². The normalized spacial score (nSPS) is 10.4. The van der Waals surface area contributed by atoms with Crippen molar-refractivity contribution in [3.05, 3.63) is 24.3 Å². The molecule has 0 unspecified atom stereocenters. The van der Waals surface area contributed by atoms with Gasteiger partial charge < -0.3 is 10.1 Å². The van der Waals surface area contributed by atoms with E-state index in [0.717, 1.165) is 11.4 Å². The van der Waals surface area contributed by atoms with Gasteiger partial charge >= 0.3 is 0 Å². The molecule has 17 heavy (non-hydrogen) atoms. The van der Waals surface area contributed by atoms with Crippen LogP contribution in [0.4, 0.5) is 5.69 Å². The number of benzene rings is 1. The van der Waals surface area contributed by atoms with Crippen LogP contribution in [0, 0.1) is 0 Å². The number of anilines is 1. The molecule has 4 heteroatoms. The largest absolute Gasteiger partial charge is 0.494 e. The summed E-state index contributed by atoms with van der Waals surface area (Å²) in [6.07, 6.45) is 0. The summed E-state index contributed by atoms with van der Waals surface area (Å²) in [5.74, 6) is 1.35. The predicted octanol–water partition coefficient (Wildman–Crippen LogP) is 3.17. The Morgan fingerprint density at radius 2 is 2.00 bits per heavy atom. The van der Waals surface area contributed by atoms with Crippen molar-refractivity contribution < 1.29 is 9.53 Å². The van der Waals surface area contributed by atoms with Gasteiger partial charge in [0.25, 0.3) is 0 Å². The van der Waals surface area contributed by atoms with E-state index in [1.54, 1.807) is 11.8 Å². The number of rotatable bonds is 6. The molecule has 0 radical (unpaired) electrons. The first kappa shape index (κ1) is 13.9. The maximum atomic E-state index is 11.6. The molecule has 0 aliphatic carbocycles. The highest BCUT2D eigenvalue weighted by atomic mass is 32.2. The van der Waals surface area contributed by atoms with Gasteiger partial charge in [-0.25, -0.2) is 0 Å². The third kappa shape index (κ3) is 5.63. The second-order valence-electron chi connectivity index (χ2n) is 3.87. The first-order valence-electron chi connectivity index (χ1n) is 5.76. The van der Waals surface area contributed by atoms with Crippen molar-refractivity contribution >= 4 is 23.4 Å². The molecule has 3 nitrogen and oxygen atoms in total. The SMILES string of the molecule is CCOc1ccc(NC(=O)CSC(C)C)cc1. The van der Waals surface area contributed by atoms with Crippen molar-refractivity contribution in [3.63, 3.8) is 0 Å². The Hall–Kier alpha value is -1.16. The Bertz CT molecular complexity index is 349. The average molecular weight is 253 g/mol. The number of carbonyl (C=O) groups is 1. The second kappa shape index (κ2) is 7.22. The van der Waals surface area contributed by atoms with Gasteiger partial charge in [0, 0.05) is 5.69 Å². The lowest BCUT2D eigenvalue weighted by Crippen LogP contribution is -2.15. The highest BCUT2D eigenvalue weighted by Gasteiger charge is 2.04. The molecule has 0 spiro atoms. The van der Waals surface area contributed by atoms with E-state index in [0.29, 0.717) is 17.6 Å². The highest BCUT2D eigenvalue weighted by molar-refractivity contribution is 8.00. The van der Waals surface area contributed by atoms with E-state index < -0.39 is 0 Å². The minimum Gasteiger partial charge on any atom is -0.494 e. The van der Waals surface area contributed by atoms with E-state index >= 15 is 0 Å². The van der Waals surface area contributed by atoms with Crippen molar-refractivity contribution in [1.29, 1.82) is 0 Å². The third-order valence-corrected chi connectivity index (χ3v) is 3.09. The van der Waals surface area contributed by atoms with Gasteiger partial charge in [-0.1, -0.05) is 13.8 Å². The predicted molar refractivity (Wildman–Crippen MR) is 73.8 cm³/mol. The highest BCUT2D eigenvalue weighted by Crippen LogP contribution is 2.16. The van der Waals surface area contributed by atoms with Crippen molar-refractivity contribution in [1.82, 2.24) is 0 Å². The van der Waals surface area contributed by atoms with Crippen LogP contribution in [0.5, 0.6) is 5.75 Å². The van der Waals surface area contributed by atoms with Crippen molar-refractivity contribution in [2.45, 2.75) is 26.0 Å². The molecule has 1 N–H and O–H groups in total. The molecule has 0 aromatic heterocycles. The number of ether oxygens (including phenoxy) is 1. The second-order valence-corrected chi connectivity index (χ2v) is 5.43. The molecule has 0 bridgehead atoms. The van der Waals surface area contributed by atoms with Crippen LogP contribution in [0.3, 0.4) is 0 Å². The number of nitrogens with one attached hydrogen (secondary N) is 1. The maximum Gasteiger partial charge on any atom is 0.234 e. The van der Waals surface area contributed by atoms with Crippen LogP contribution in [-0.2, 0) is 4.79 Å². The lowest BCUT2D eigenvalue weighted by atomic mass is 10.3. The molecule has 94 valence electrons. The first-order chi connectivity index (χ1) is 8.11. The fraction of sp³-hybridized carbons (Fsp3) is 0.462. The molecule has 1 aromatic rings. The molecular formula is C13H19NO2S. The minimum atomic E-state index is 0.0351. The van der Waals surface area contributed by atoms with Gasteiger partial charge in [0.2, 0.25) is 5.91 Å². The van der Waals surface area contributed by atoms with Crippen LogP contribution in [-0.4, -0.2) is 23.5 Å². The van der Waals surface area contributed by atoms with Gasteiger partial charge in [-0.3, -0.25) is 4.79 Å². The van der Waals surface area contributed by atoms with E-state index in [1.807, 2.05) is 31.2 Å². The molecule has 0 heterocycles. The van der Waals surface area contributed by atoms with Crippen LogP contribution < -0.4 is 10.1 Å². The molecule has 0 aliphatic heterocycles. The quantitative estimate of drug-likeness (QED) is 0.846. The topological polar surface area (TPSA) is 38.3 Å². The molecule has 0 saturated carbocycles. The number of hydrogen-bond acceptors (Lipinski definition) is 3. The molecule has 1 aromatic carbocycles. The van der Waals surface area contributed by atoms with E-state index in [4.69, 9.17) is 4.74 Å². The zero-order valence-corrected chi connectivity index (χ0v) is 11.3. The molecule has 0 aliphatic rings. The van der Waals surface area contributed by atoms with E-state index in [9.17, 15) is 4.79 Å².